The SMILES string of the molecule is CC(CCCO)NC(=O)C1(c2ccc(Cl)cc2)CCOCC1. The van der Waals surface area contributed by atoms with E-state index in [4.69, 9.17) is 21.4 Å². The van der Waals surface area contributed by atoms with E-state index in [0.29, 0.717) is 37.5 Å². The zero-order valence-electron chi connectivity index (χ0n) is 13.0. The molecule has 122 valence electrons. The van der Waals surface area contributed by atoms with Crippen LogP contribution in [0.3, 0.4) is 0 Å². The van der Waals surface area contributed by atoms with Crippen LogP contribution in [-0.4, -0.2) is 36.9 Å². The number of carbonyl (C=O) groups is 1. The first-order valence-electron chi connectivity index (χ1n) is 7.84. The summed E-state index contributed by atoms with van der Waals surface area (Å²) in [5.41, 5.74) is 0.447. The van der Waals surface area contributed by atoms with Crippen molar-refractivity contribution in [1.29, 1.82) is 0 Å². The lowest BCUT2D eigenvalue weighted by Crippen LogP contribution is -2.50. The molecule has 4 nitrogen and oxygen atoms in total. The van der Waals surface area contributed by atoms with E-state index in [-0.39, 0.29) is 18.6 Å². The third kappa shape index (κ3) is 4.00. The van der Waals surface area contributed by atoms with Gasteiger partial charge in [-0.25, -0.2) is 0 Å². The number of hydrogen-bond donors (Lipinski definition) is 2. The molecular weight excluding hydrogens is 302 g/mol. The molecular formula is C17H24ClNO3. The number of ether oxygens (including phenoxy) is 1. The van der Waals surface area contributed by atoms with Crippen molar-refractivity contribution in [2.24, 2.45) is 0 Å². The number of amides is 1. The smallest absolute Gasteiger partial charge is 0.231 e. The number of benzene rings is 1. The van der Waals surface area contributed by atoms with Crippen molar-refractivity contribution in [3.8, 4) is 0 Å². The molecule has 0 saturated carbocycles. The molecule has 0 bridgehead atoms. The minimum Gasteiger partial charge on any atom is -0.396 e. The summed E-state index contributed by atoms with van der Waals surface area (Å²) in [5.74, 6) is 0.0450. The second-order valence-electron chi connectivity index (χ2n) is 5.94. The number of hydrogen-bond acceptors (Lipinski definition) is 3. The first kappa shape index (κ1) is 17.3. The van der Waals surface area contributed by atoms with Gasteiger partial charge in [-0.2, -0.15) is 0 Å². The van der Waals surface area contributed by atoms with E-state index in [1.54, 1.807) is 0 Å². The molecule has 0 radical (unpaired) electrons. The van der Waals surface area contributed by atoms with Gasteiger partial charge in [0.2, 0.25) is 5.91 Å². The monoisotopic (exact) mass is 325 g/mol. The molecule has 2 N–H and O–H groups in total. The van der Waals surface area contributed by atoms with Gasteiger partial charge in [0.15, 0.2) is 0 Å². The van der Waals surface area contributed by atoms with Crippen LogP contribution in [0.4, 0.5) is 0 Å². The predicted molar refractivity (Wildman–Crippen MR) is 87.1 cm³/mol. The summed E-state index contributed by atoms with van der Waals surface area (Å²) in [7, 11) is 0. The van der Waals surface area contributed by atoms with E-state index >= 15 is 0 Å². The van der Waals surface area contributed by atoms with Gasteiger partial charge in [-0.3, -0.25) is 4.79 Å². The van der Waals surface area contributed by atoms with Gasteiger partial charge in [-0.05, 0) is 50.3 Å². The van der Waals surface area contributed by atoms with Gasteiger partial charge in [0.25, 0.3) is 0 Å². The number of aliphatic hydroxyl groups excluding tert-OH is 1. The van der Waals surface area contributed by atoms with Gasteiger partial charge in [-0.15, -0.1) is 0 Å². The van der Waals surface area contributed by atoms with Crippen molar-refractivity contribution in [3.63, 3.8) is 0 Å². The average Bonchev–Trinajstić information content (AvgIpc) is 2.54. The van der Waals surface area contributed by atoms with E-state index < -0.39 is 5.41 Å². The van der Waals surface area contributed by atoms with Crippen LogP contribution < -0.4 is 5.32 Å². The molecule has 1 aliphatic heterocycles. The molecule has 5 heteroatoms. The number of carbonyl (C=O) groups excluding carboxylic acids is 1. The van der Waals surface area contributed by atoms with Gasteiger partial charge in [-0.1, -0.05) is 23.7 Å². The molecule has 0 aliphatic carbocycles. The molecule has 22 heavy (non-hydrogen) atoms. The molecule has 1 atom stereocenters. The Hall–Kier alpha value is -1.10. The molecule has 0 aromatic heterocycles. The molecule has 1 saturated heterocycles. The summed E-state index contributed by atoms with van der Waals surface area (Å²) in [4.78, 5) is 12.9. The van der Waals surface area contributed by atoms with Gasteiger partial charge in [0.1, 0.15) is 0 Å². The molecule has 1 aromatic carbocycles. The number of aliphatic hydroxyl groups is 1. The Morgan fingerprint density at radius 1 is 1.36 bits per heavy atom. The Bertz CT molecular complexity index is 483. The fraction of sp³-hybridized carbons (Fsp3) is 0.588. The van der Waals surface area contributed by atoms with Crippen LogP contribution in [0, 0.1) is 0 Å². The summed E-state index contributed by atoms with van der Waals surface area (Å²) in [6.45, 7) is 3.29. The molecule has 2 rings (SSSR count). The van der Waals surface area contributed by atoms with E-state index in [1.165, 1.54) is 0 Å². The van der Waals surface area contributed by atoms with E-state index in [9.17, 15) is 4.79 Å². The number of halogens is 1. The second-order valence-corrected chi connectivity index (χ2v) is 6.38. The lowest BCUT2D eigenvalue weighted by molar-refractivity contribution is -0.131. The van der Waals surface area contributed by atoms with Crippen molar-refractivity contribution >= 4 is 17.5 Å². The highest BCUT2D eigenvalue weighted by molar-refractivity contribution is 6.30. The fourth-order valence-electron chi connectivity index (χ4n) is 2.97. The maximum absolute atomic E-state index is 12.9. The lowest BCUT2D eigenvalue weighted by Gasteiger charge is -2.37. The highest BCUT2D eigenvalue weighted by Crippen LogP contribution is 2.36. The van der Waals surface area contributed by atoms with Crippen LogP contribution in [-0.2, 0) is 14.9 Å². The molecule has 0 spiro atoms. The predicted octanol–water partition coefficient (Wildman–Crippen LogP) is 2.67. The maximum Gasteiger partial charge on any atom is 0.231 e. The molecule has 1 fully saturated rings. The summed E-state index contributed by atoms with van der Waals surface area (Å²) in [5, 5.41) is 12.7. The van der Waals surface area contributed by atoms with Crippen LogP contribution in [0.2, 0.25) is 5.02 Å². The minimum absolute atomic E-state index is 0.0450. The quantitative estimate of drug-likeness (QED) is 0.845. The molecule has 1 aliphatic rings. The van der Waals surface area contributed by atoms with Crippen LogP contribution in [0.25, 0.3) is 0 Å². The Morgan fingerprint density at radius 3 is 2.59 bits per heavy atom. The van der Waals surface area contributed by atoms with Gasteiger partial charge >= 0.3 is 0 Å². The first-order chi connectivity index (χ1) is 10.6. The maximum atomic E-state index is 12.9. The zero-order valence-corrected chi connectivity index (χ0v) is 13.7. The topological polar surface area (TPSA) is 58.6 Å². The van der Waals surface area contributed by atoms with Crippen LogP contribution in [0.5, 0.6) is 0 Å². The minimum atomic E-state index is -0.545. The van der Waals surface area contributed by atoms with Crippen LogP contribution in [0.15, 0.2) is 24.3 Å². The largest absolute Gasteiger partial charge is 0.396 e. The van der Waals surface area contributed by atoms with Crippen LogP contribution in [0.1, 0.15) is 38.2 Å². The summed E-state index contributed by atoms with van der Waals surface area (Å²) in [6, 6.07) is 7.58. The Morgan fingerprint density at radius 2 is 2.00 bits per heavy atom. The Labute approximate surface area is 136 Å². The van der Waals surface area contributed by atoms with Crippen molar-refractivity contribution in [1.82, 2.24) is 5.32 Å². The third-order valence-electron chi connectivity index (χ3n) is 4.35. The van der Waals surface area contributed by atoms with E-state index in [1.807, 2.05) is 31.2 Å². The van der Waals surface area contributed by atoms with E-state index in [0.717, 1.165) is 12.0 Å². The highest BCUT2D eigenvalue weighted by Gasteiger charge is 2.41. The molecule has 1 amide bonds. The zero-order chi connectivity index (χ0) is 16.0. The van der Waals surface area contributed by atoms with Crippen molar-refractivity contribution in [2.75, 3.05) is 19.8 Å². The molecule has 1 aromatic rings. The normalized spacial score (nSPS) is 18.7. The lowest BCUT2D eigenvalue weighted by atomic mass is 9.73. The number of rotatable bonds is 6. The van der Waals surface area contributed by atoms with Gasteiger partial charge in [0, 0.05) is 30.9 Å². The summed E-state index contributed by atoms with van der Waals surface area (Å²) in [6.07, 6.45) is 2.81. The summed E-state index contributed by atoms with van der Waals surface area (Å²) < 4.78 is 5.45. The second kappa shape index (κ2) is 7.95. The van der Waals surface area contributed by atoms with Crippen LogP contribution >= 0.6 is 11.6 Å². The van der Waals surface area contributed by atoms with Gasteiger partial charge in [0.05, 0.1) is 5.41 Å². The summed E-state index contributed by atoms with van der Waals surface area (Å²) >= 11 is 5.97. The number of nitrogens with one attached hydrogen (secondary N) is 1. The van der Waals surface area contributed by atoms with Crippen molar-refractivity contribution in [3.05, 3.63) is 34.9 Å². The molecule has 1 unspecified atom stereocenters. The average molecular weight is 326 g/mol. The highest BCUT2D eigenvalue weighted by atomic mass is 35.5. The standard InChI is InChI=1S/C17H24ClNO3/c1-13(3-2-10-20)19-16(21)17(8-11-22-12-9-17)14-4-6-15(18)7-5-14/h4-7,13,20H,2-3,8-12H2,1H3,(H,19,21). The Balaban J connectivity index is 2.18. The van der Waals surface area contributed by atoms with E-state index in [2.05, 4.69) is 5.32 Å². The fourth-order valence-corrected chi connectivity index (χ4v) is 3.09. The molecule has 1 heterocycles. The Kier molecular flexibility index (Phi) is 6.24. The third-order valence-corrected chi connectivity index (χ3v) is 4.60. The first-order valence-corrected chi connectivity index (χ1v) is 8.22. The van der Waals surface area contributed by atoms with Gasteiger partial charge < -0.3 is 15.2 Å². The van der Waals surface area contributed by atoms with Crippen molar-refractivity contribution in [2.45, 2.75) is 44.1 Å². The van der Waals surface area contributed by atoms with Crippen molar-refractivity contribution < 1.29 is 14.6 Å².